The summed E-state index contributed by atoms with van der Waals surface area (Å²) < 4.78 is 35.7. The summed E-state index contributed by atoms with van der Waals surface area (Å²) >= 11 is 0. The summed E-state index contributed by atoms with van der Waals surface area (Å²) in [5.41, 5.74) is 7.23. The second kappa shape index (κ2) is 6.24. The standard InChI is InChI=1S/C10H9N3.ClHO4/c11-9-6-7-13(12-8-9)10-4-2-1-3-5-10;2-1(3,4)5/h1-8,11H;(H,2,3,4,5). The van der Waals surface area contributed by atoms with Crippen molar-refractivity contribution in [1.29, 1.82) is 0 Å². The van der Waals surface area contributed by atoms with Crippen LogP contribution < -0.4 is 29.1 Å². The molecule has 7 nitrogen and oxygen atoms in total. The Kier molecular flexibility index (Phi) is 4.95. The summed E-state index contributed by atoms with van der Waals surface area (Å²) in [4.78, 5) is 0. The van der Waals surface area contributed by atoms with E-state index < -0.39 is 10.2 Å². The summed E-state index contributed by atoms with van der Waals surface area (Å²) in [6, 6.07) is 11.7. The molecule has 18 heavy (non-hydrogen) atoms. The van der Waals surface area contributed by atoms with Crippen LogP contribution in [0.3, 0.4) is 0 Å². The van der Waals surface area contributed by atoms with Crippen LogP contribution in [-0.2, 0) is 0 Å². The first-order chi connectivity index (χ1) is 8.36. The molecule has 2 rings (SSSR count). The van der Waals surface area contributed by atoms with Gasteiger partial charge in [-0.15, -0.1) is 10.2 Å². The summed E-state index contributed by atoms with van der Waals surface area (Å²) in [5.74, 6) is 0. The van der Waals surface area contributed by atoms with Crippen LogP contribution in [0.2, 0.25) is 0 Å². The quantitative estimate of drug-likeness (QED) is 0.528. The summed E-state index contributed by atoms with van der Waals surface area (Å²) in [5, 5.41) is 4.14. The highest BCUT2D eigenvalue weighted by Gasteiger charge is 2.04. The second-order valence-electron chi connectivity index (χ2n) is 3.12. The van der Waals surface area contributed by atoms with Gasteiger partial charge in [0.15, 0.2) is 0 Å². The lowest BCUT2D eigenvalue weighted by Gasteiger charge is -2.17. The Labute approximate surface area is 105 Å². The van der Waals surface area contributed by atoms with Gasteiger partial charge in [0.2, 0.25) is 11.9 Å². The highest BCUT2D eigenvalue weighted by molar-refractivity contribution is 5.31. The lowest BCUT2D eigenvalue weighted by Crippen LogP contribution is -2.68. The Morgan fingerprint density at radius 1 is 1.00 bits per heavy atom. The largest absolute Gasteiger partial charge is 0.397 e. The third-order valence-corrected chi connectivity index (χ3v) is 1.76. The average molecular weight is 272 g/mol. The zero-order valence-electron chi connectivity index (χ0n) is 9.10. The van der Waals surface area contributed by atoms with Crippen molar-refractivity contribution in [3.05, 3.63) is 48.8 Å². The van der Waals surface area contributed by atoms with Gasteiger partial charge < -0.3 is 5.73 Å². The van der Waals surface area contributed by atoms with Gasteiger partial charge >= 0.3 is 0 Å². The minimum Gasteiger partial charge on any atom is -0.397 e. The molecule has 0 saturated carbocycles. The van der Waals surface area contributed by atoms with Crippen LogP contribution in [-0.4, -0.2) is 5.10 Å². The Morgan fingerprint density at radius 2 is 1.56 bits per heavy atom. The topological polar surface area (TPSA) is 135 Å². The van der Waals surface area contributed by atoms with Crippen LogP contribution >= 0.6 is 0 Å². The maximum atomic E-state index is 8.49. The number of aromatic nitrogens is 2. The molecule has 8 heteroatoms. The molecule has 0 spiro atoms. The number of rotatable bonds is 1. The van der Waals surface area contributed by atoms with Gasteiger partial charge in [0.1, 0.15) is 6.20 Å². The highest BCUT2D eigenvalue weighted by atomic mass is 35.7. The van der Waals surface area contributed by atoms with Crippen molar-refractivity contribution in [3.63, 3.8) is 0 Å². The fraction of sp³-hybridized carbons (Fsp3) is 0. The van der Waals surface area contributed by atoms with E-state index in [2.05, 4.69) is 5.10 Å². The molecule has 96 valence electrons. The van der Waals surface area contributed by atoms with Crippen LogP contribution in [0.4, 0.5) is 5.69 Å². The number of nitrogens with two attached hydrogens (primary N) is 1. The number of halogens is 1. The smallest absolute Gasteiger partial charge is 0.238 e. The number of hydrogen-bond acceptors (Lipinski definition) is 6. The number of para-hydroxylation sites is 1. The number of hydrogen-bond donors (Lipinski definition) is 1. The maximum Gasteiger partial charge on any atom is 0.238 e. The van der Waals surface area contributed by atoms with Crippen LogP contribution in [0.15, 0.2) is 48.8 Å². The van der Waals surface area contributed by atoms with Crippen molar-refractivity contribution < 1.29 is 33.6 Å². The predicted molar refractivity (Wildman–Crippen MR) is 50.2 cm³/mol. The van der Waals surface area contributed by atoms with Gasteiger partial charge in [-0.2, -0.15) is 0 Å². The van der Waals surface area contributed by atoms with E-state index in [1.165, 1.54) is 0 Å². The van der Waals surface area contributed by atoms with Gasteiger partial charge in [0.25, 0.3) is 0 Å². The van der Waals surface area contributed by atoms with Crippen LogP contribution in [0.5, 0.6) is 0 Å². The third kappa shape index (κ3) is 6.09. The Balaban J connectivity index is 0.000000280. The van der Waals surface area contributed by atoms with Crippen molar-refractivity contribution in [2.75, 3.05) is 5.73 Å². The average Bonchev–Trinajstić information content (AvgIpc) is 2.29. The Hall–Kier alpha value is -1.77. The van der Waals surface area contributed by atoms with Crippen LogP contribution in [0.25, 0.3) is 5.69 Å². The molecule has 0 bridgehead atoms. The van der Waals surface area contributed by atoms with Gasteiger partial charge in [-0.1, -0.05) is 22.9 Å². The molecule has 0 amide bonds. The van der Waals surface area contributed by atoms with E-state index >= 15 is 0 Å². The number of nitrogens with zero attached hydrogens (tertiary/aromatic N) is 2. The van der Waals surface area contributed by atoms with Gasteiger partial charge in [0, 0.05) is 18.2 Å². The zero-order chi connectivity index (χ0) is 13.6. The van der Waals surface area contributed by atoms with E-state index in [9.17, 15) is 0 Å². The van der Waals surface area contributed by atoms with E-state index in [4.69, 9.17) is 24.4 Å². The molecule has 0 unspecified atom stereocenters. The molecule has 0 aliphatic rings. The van der Waals surface area contributed by atoms with Crippen LogP contribution in [0, 0.1) is 10.2 Å². The highest BCUT2D eigenvalue weighted by Crippen LogP contribution is 1.97. The molecule has 0 fully saturated rings. The second-order valence-corrected chi connectivity index (χ2v) is 3.87. The number of nitrogen functional groups attached to an aromatic ring is 1. The predicted octanol–water partition coefficient (Wildman–Crippen LogP) is -3.82. The normalized spacial score (nSPS) is 10.4. The van der Waals surface area contributed by atoms with Crippen LogP contribution in [0.1, 0.15) is 0 Å². The van der Waals surface area contributed by atoms with Crippen molar-refractivity contribution in [2.45, 2.75) is 0 Å². The van der Waals surface area contributed by atoms with E-state index in [0.717, 1.165) is 5.69 Å². The minimum atomic E-state index is -4.94. The monoisotopic (exact) mass is 271 g/mol. The lowest BCUT2D eigenvalue weighted by atomic mass is 10.3. The van der Waals surface area contributed by atoms with E-state index in [1.54, 1.807) is 10.9 Å². The molecule has 0 radical (unpaired) electrons. The summed E-state index contributed by atoms with van der Waals surface area (Å²) in [7, 11) is -4.94. The van der Waals surface area contributed by atoms with E-state index in [0.29, 0.717) is 5.69 Å². The van der Waals surface area contributed by atoms with E-state index in [-0.39, 0.29) is 0 Å². The van der Waals surface area contributed by atoms with Crippen molar-refractivity contribution in [1.82, 2.24) is 5.10 Å². The molecule has 0 atom stereocenters. The Bertz CT molecular complexity index is 467. The number of anilines is 1. The van der Waals surface area contributed by atoms with Gasteiger partial charge in [-0.25, -0.2) is 18.6 Å². The molecule has 0 aliphatic carbocycles. The first kappa shape index (κ1) is 14.3. The maximum absolute atomic E-state index is 8.49. The van der Waals surface area contributed by atoms with Crippen molar-refractivity contribution in [2.24, 2.45) is 0 Å². The SMILES string of the molecule is Nc1cc[n+](-c2ccccc2)nc1.[O-][Cl+3]([O-])([O-])[O-]. The fourth-order valence-electron chi connectivity index (χ4n) is 1.10. The Morgan fingerprint density at radius 3 is 2.00 bits per heavy atom. The first-order valence-electron chi connectivity index (χ1n) is 4.67. The molecule has 2 aromatic rings. The first-order valence-corrected chi connectivity index (χ1v) is 5.90. The zero-order valence-corrected chi connectivity index (χ0v) is 9.86. The molecule has 0 saturated heterocycles. The molecular weight excluding hydrogens is 262 g/mol. The summed E-state index contributed by atoms with van der Waals surface area (Å²) in [6.45, 7) is 0. The molecule has 2 N–H and O–H groups in total. The fourth-order valence-corrected chi connectivity index (χ4v) is 1.10. The van der Waals surface area contributed by atoms with Crippen molar-refractivity contribution in [3.8, 4) is 5.69 Å². The number of benzene rings is 1. The molecular formula is C10H10ClN3O4. The molecule has 0 aliphatic heterocycles. The van der Waals surface area contributed by atoms with Gasteiger partial charge in [-0.3, -0.25) is 0 Å². The van der Waals surface area contributed by atoms with Gasteiger partial charge in [0.05, 0.1) is 5.69 Å². The molecule has 1 aromatic carbocycles. The van der Waals surface area contributed by atoms with Crippen molar-refractivity contribution >= 4 is 5.69 Å². The summed E-state index contributed by atoms with van der Waals surface area (Å²) in [6.07, 6.45) is 3.47. The molecule has 1 aromatic heterocycles. The van der Waals surface area contributed by atoms with E-state index in [1.807, 2.05) is 42.6 Å². The third-order valence-electron chi connectivity index (χ3n) is 1.76. The lowest BCUT2D eigenvalue weighted by molar-refractivity contribution is -2.00. The minimum absolute atomic E-state index is 0.673. The molecule has 1 heterocycles. The van der Waals surface area contributed by atoms with Gasteiger partial charge in [-0.05, 0) is 5.10 Å².